The van der Waals surface area contributed by atoms with E-state index in [2.05, 4.69) is 9.88 Å². The van der Waals surface area contributed by atoms with E-state index in [-0.39, 0.29) is 17.6 Å². The van der Waals surface area contributed by atoms with Crippen molar-refractivity contribution in [2.24, 2.45) is 5.92 Å². The van der Waals surface area contributed by atoms with E-state index in [0.29, 0.717) is 66.2 Å². The van der Waals surface area contributed by atoms with E-state index in [4.69, 9.17) is 20.8 Å². The zero-order valence-corrected chi connectivity index (χ0v) is 19.0. The third-order valence-electron chi connectivity index (χ3n) is 6.34. The van der Waals surface area contributed by atoms with Crippen molar-refractivity contribution in [1.82, 2.24) is 9.88 Å². The van der Waals surface area contributed by atoms with Gasteiger partial charge < -0.3 is 14.1 Å². The van der Waals surface area contributed by atoms with Crippen molar-refractivity contribution in [1.29, 1.82) is 0 Å². The molecule has 1 saturated heterocycles. The van der Waals surface area contributed by atoms with Crippen LogP contribution in [0.5, 0.6) is 5.75 Å². The van der Waals surface area contributed by atoms with Crippen LogP contribution >= 0.6 is 11.6 Å². The molecule has 2 aromatic carbocycles. The quantitative estimate of drug-likeness (QED) is 0.407. The van der Waals surface area contributed by atoms with E-state index in [1.807, 2.05) is 24.3 Å². The normalized spacial score (nSPS) is 16.2. The number of fused-ring (bicyclic) bond motifs is 2. The minimum absolute atomic E-state index is 0.0513. The first kappa shape index (κ1) is 21.1. The van der Waals surface area contributed by atoms with Gasteiger partial charge in [0.25, 0.3) is 0 Å². The zero-order chi connectivity index (χ0) is 23.2. The van der Waals surface area contributed by atoms with Gasteiger partial charge in [0.05, 0.1) is 24.2 Å². The van der Waals surface area contributed by atoms with Gasteiger partial charge in [-0.05, 0) is 42.0 Å². The topological polar surface area (TPSA) is 58.8 Å². The molecule has 2 aliphatic heterocycles. The van der Waals surface area contributed by atoms with Crippen molar-refractivity contribution in [3.63, 3.8) is 0 Å². The number of amides is 1. The number of hydrogen-bond donors (Lipinski definition) is 0. The highest BCUT2D eigenvalue weighted by atomic mass is 35.5. The molecule has 0 bridgehead atoms. The van der Waals surface area contributed by atoms with Gasteiger partial charge in [0.2, 0.25) is 5.91 Å². The second kappa shape index (κ2) is 8.42. The number of aromatic nitrogens is 1. The summed E-state index contributed by atoms with van der Waals surface area (Å²) in [5.41, 5.74) is 2.97. The summed E-state index contributed by atoms with van der Waals surface area (Å²) in [6.45, 7) is 2.76. The van der Waals surface area contributed by atoms with Crippen LogP contribution in [-0.4, -0.2) is 42.0 Å². The molecule has 34 heavy (non-hydrogen) atoms. The van der Waals surface area contributed by atoms with Crippen LogP contribution in [0.1, 0.15) is 5.56 Å². The van der Waals surface area contributed by atoms with Crippen molar-refractivity contribution in [3.05, 3.63) is 77.3 Å². The summed E-state index contributed by atoms with van der Waals surface area (Å²) < 4.78 is 25.5. The molecule has 0 unspecified atom stereocenters. The van der Waals surface area contributed by atoms with E-state index >= 15 is 0 Å². The van der Waals surface area contributed by atoms with Crippen molar-refractivity contribution >= 4 is 34.2 Å². The number of ether oxygens (including phenoxy) is 1. The van der Waals surface area contributed by atoms with Crippen LogP contribution in [0.3, 0.4) is 0 Å². The molecule has 0 aliphatic carbocycles. The standard InChI is InChI=1S/C26H21ClFN3O3/c27-19-4-5-23-17(9-19)10-24(34-23)21-11-29-12-22-25(21)33-7-6-31(22)26(32)18-14-30(15-18)13-16-2-1-3-20(28)8-16/h1-5,8-12,18H,6-7,13-15H2. The van der Waals surface area contributed by atoms with Crippen LogP contribution in [0.25, 0.3) is 22.3 Å². The van der Waals surface area contributed by atoms with Gasteiger partial charge in [-0.3, -0.25) is 14.7 Å². The van der Waals surface area contributed by atoms with Crippen LogP contribution in [0.4, 0.5) is 10.1 Å². The van der Waals surface area contributed by atoms with Gasteiger partial charge in [-0.2, -0.15) is 0 Å². The predicted octanol–water partition coefficient (Wildman–Crippen LogP) is 5.14. The molecule has 0 spiro atoms. The maximum atomic E-state index is 13.5. The number of carbonyl (C=O) groups is 1. The Morgan fingerprint density at radius 3 is 2.88 bits per heavy atom. The van der Waals surface area contributed by atoms with Crippen molar-refractivity contribution < 1.29 is 18.3 Å². The molecule has 6 rings (SSSR count). The first-order valence-electron chi connectivity index (χ1n) is 11.1. The minimum atomic E-state index is -0.244. The molecule has 0 saturated carbocycles. The average Bonchev–Trinajstić information content (AvgIpc) is 3.23. The number of halogens is 2. The fourth-order valence-electron chi connectivity index (χ4n) is 4.66. The first-order chi connectivity index (χ1) is 16.5. The van der Waals surface area contributed by atoms with Crippen LogP contribution in [0.2, 0.25) is 5.02 Å². The fraction of sp³-hybridized carbons (Fsp3) is 0.231. The SMILES string of the molecule is O=C(C1CN(Cc2cccc(F)c2)C1)N1CCOc2c(-c3cc4cc(Cl)ccc4o3)cncc21. The fourth-order valence-corrected chi connectivity index (χ4v) is 4.84. The zero-order valence-electron chi connectivity index (χ0n) is 18.2. The van der Waals surface area contributed by atoms with Gasteiger partial charge in [0, 0.05) is 36.2 Å². The van der Waals surface area contributed by atoms with Gasteiger partial charge in [0.1, 0.15) is 29.5 Å². The van der Waals surface area contributed by atoms with Gasteiger partial charge in [-0.15, -0.1) is 0 Å². The molecule has 2 aromatic heterocycles. The van der Waals surface area contributed by atoms with Crippen molar-refractivity contribution in [3.8, 4) is 17.1 Å². The molecule has 4 heterocycles. The lowest BCUT2D eigenvalue weighted by atomic mass is 9.96. The number of rotatable bonds is 4. The number of nitrogens with zero attached hydrogens (tertiary/aromatic N) is 3. The molecular weight excluding hydrogens is 457 g/mol. The predicted molar refractivity (Wildman–Crippen MR) is 127 cm³/mol. The molecule has 1 fully saturated rings. The number of pyridine rings is 1. The number of anilines is 1. The summed E-state index contributed by atoms with van der Waals surface area (Å²) in [6.07, 6.45) is 3.36. The molecule has 0 radical (unpaired) electrons. The summed E-state index contributed by atoms with van der Waals surface area (Å²) >= 11 is 6.11. The maximum absolute atomic E-state index is 13.5. The molecule has 6 nitrogen and oxygen atoms in total. The lowest BCUT2D eigenvalue weighted by Crippen LogP contribution is -2.55. The van der Waals surface area contributed by atoms with Crippen LogP contribution in [-0.2, 0) is 11.3 Å². The number of carbonyl (C=O) groups excluding carboxylic acids is 1. The molecule has 0 atom stereocenters. The molecule has 172 valence electrons. The Morgan fingerprint density at radius 1 is 1.15 bits per heavy atom. The maximum Gasteiger partial charge on any atom is 0.232 e. The molecule has 1 amide bonds. The van der Waals surface area contributed by atoms with Gasteiger partial charge >= 0.3 is 0 Å². The van der Waals surface area contributed by atoms with Crippen molar-refractivity contribution in [2.45, 2.75) is 6.54 Å². The van der Waals surface area contributed by atoms with Crippen molar-refractivity contribution in [2.75, 3.05) is 31.1 Å². The smallest absolute Gasteiger partial charge is 0.232 e. The summed E-state index contributed by atoms with van der Waals surface area (Å²) in [7, 11) is 0. The Morgan fingerprint density at radius 2 is 2.03 bits per heavy atom. The van der Waals surface area contributed by atoms with E-state index in [1.165, 1.54) is 12.1 Å². The molecular formula is C26H21ClFN3O3. The monoisotopic (exact) mass is 477 g/mol. The van der Waals surface area contributed by atoms with Crippen LogP contribution in [0.15, 0.2) is 65.3 Å². The Bertz CT molecular complexity index is 1400. The molecule has 4 aromatic rings. The second-order valence-corrected chi connectivity index (χ2v) is 9.12. The Kier molecular flexibility index (Phi) is 5.23. The third kappa shape index (κ3) is 3.81. The minimum Gasteiger partial charge on any atom is -0.489 e. The number of benzene rings is 2. The molecule has 8 heteroatoms. The average molecular weight is 478 g/mol. The summed E-state index contributed by atoms with van der Waals surface area (Å²) in [5, 5.41) is 1.52. The Hall–Kier alpha value is -3.42. The summed E-state index contributed by atoms with van der Waals surface area (Å²) in [4.78, 5) is 21.6. The number of furan rings is 1. The summed E-state index contributed by atoms with van der Waals surface area (Å²) in [5.74, 6) is 0.898. The van der Waals surface area contributed by atoms with Gasteiger partial charge in [-0.1, -0.05) is 23.7 Å². The van der Waals surface area contributed by atoms with Crippen LogP contribution < -0.4 is 9.64 Å². The van der Waals surface area contributed by atoms with E-state index in [9.17, 15) is 9.18 Å². The van der Waals surface area contributed by atoms with E-state index < -0.39 is 0 Å². The first-order valence-corrected chi connectivity index (χ1v) is 11.5. The lowest BCUT2D eigenvalue weighted by molar-refractivity contribution is -0.128. The highest BCUT2D eigenvalue weighted by molar-refractivity contribution is 6.31. The second-order valence-electron chi connectivity index (χ2n) is 8.69. The van der Waals surface area contributed by atoms with Crippen LogP contribution in [0, 0.1) is 11.7 Å². The van der Waals surface area contributed by atoms with Gasteiger partial charge in [-0.25, -0.2) is 4.39 Å². The highest BCUT2D eigenvalue weighted by Gasteiger charge is 2.38. The number of hydrogen-bond acceptors (Lipinski definition) is 5. The number of likely N-dealkylation sites (tertiary alicyclic amines) is 1. The third-order valence-corrected chi connectivity index (χ3v) is 6.58. The molecule has 0 N–H and O–H groups in total. The van der Waals surface area contributed by atoms with E-state index in [0.717, 1.165) is 10.9 Å². The Balaban J connectivity index is 1.21. The highest BCUT2D eigenvalue weighted by Crippen LogP contribution is 2.42. The van der Waals surface area contributed by atoms with E-state index in [1.54, 1.807) is 29.4 Å². The largest absolute Gasteiger partial charge is 0.489 e. The summed E-state index contributed by atoms with van der Waals surface area (Å²) in [6, 6.07) is 13.9. The lowest BCUT2D eigenvalue weighted by Gasteiger charge is -2.41. The Labute approximate surface area is 200 Å². The van der Waals surface area contributed by atoms with Gasteiger partial charge in [0.15, 0.2) is 5.75 Å². The molecule has 2 aliphatic rings.